The van der Waals surface area contributed by atoms with E-state index in [4.69, 9.17) is 4.74 Å². The van der Waals surface area contributed by atoms with E-state index in [0.717, 1.165) is 22.0 Å². The number of amides is 1. The van der Waals surface area contributed by atoms with E-state index in [1.54, 1.807) is 19.6 Å². The molecule has 1 N–H and O–H groups in total. The molecule has 140 valence electrons. The van der Waals surface area contributed by atoms with Crippen molar-refractivity contribution in [3.05, 3.63) is 90.5 Å². The number of fused-ring (bicyclic) bond motifs is 1. The molecule has 0 radical (unpaired) electrons. The first-order valence-electron chi connectivity index (χ1n) is 9.11. The molecule has 5 heteroatoms. The van der Waals surface area contributed by atoms with Crippen LogP contribution in [0.4, 0.5) is 0 Å². The topological polar surface area (TPSA) is 56.1 Å². The number of nitrogens with one attached hydrogen (secondary N) is 1. The SMILES string of the molecule is COc1cc2ccccc2cc1C(=O)NC(C)c1ccc(-n2ccnc2)cc1. The maximum atomic E-state index is 12.9. The Balaban J connectivity index is 1.55. The average molecular weight is 371 g/mol. The van der Waals surface area contributed by atoms with E-state index in [2.05, 4.69) is 10.3 Å². The van der Waals surface area contributed by atoms with Crippen molar-refractivity contribution in [2.45, 2.75) is 13.0 Å². The second kappa shape index (κ2) is 7.56. The van der Waals surface area contributed by atoms with Crippen molar-refractivity contribution in [2.24, 2.45) is 0 Å². The normalized spacial score (nSPS) is 11.9. The fourth-order valence-electron chi connectivity index (χ4n) is 3.27. The van der Waals surface area contributed by atoms with Crippen LogP contribution in [0.2, 0.25) is 0 Å². The number of carbonyl (C=O) groups excluding carboxylic acids is 1. The molecule has 4 aromatic rings. The van der Waals surface area contributed by atoms with Crippen LogP contribution in [0.15, 0.2) is 79.4 Å². The Kier molecular flexibility index (Phi) is 4.81. The average Bonchev–Trinajstić information content (AvgIpc) is 3.27. The van der Waals surface area contributed by atoms with Gasteiger partial charge in [-0.3, -0.25) is 4.79 Å². The van der Waals surface area contributed by atoms with Gasteiger partial charge in [0, 0.05) is 18.1 Å². The molecular weight excluding hydrogens is 350 g/mol. The summed E-state index contributed by atoms with van der Waals surface area (Å²) in [7, 11) is 1.58. The summed E-state index contributed by atoms with van der Waals surface area (Å²) in [6.07, 6.45) is 5.39. The van der Waals surface area contributed by atoms with Crippen molar-refractivity contribution in [1.29, 1.82) is 0 Å². The smallest absolute Gasteiger partial charge is 0.255 e. The molecular formula is C23H21N3O2. The van der Waals surface area contributed by atoms with E-state index < -0.39 is 0 Å². The van der Waals surface area contributed by atoms with Gasteiger partial charge in [0.15, 0.2) is 0 Å². The molecule has 0 aliphatic carbocycles. The zero-order valence-electron chi connectivity index (χ0n) is 15.8. The van der Waals surface area contributed by atoms with Gasteiger partial charge in [0.25, 0.3) is 5.91 Å². The van der Waals surface area contributed by atoms with Gasteiger partial charge in [-0.25, -0.2) is 4.98 Å². The molecule has 1 aromatic heterocycles. The first-order valence-corrected chi connectivity index (χ1v) is 9.11. The Morgan fingerprint density at radius 2 is 1.79 bits per heavy atom. The number of nitrogens with zero attached hydrogens (tertiary/aromatic N) is 2. The quantitative estimate of drug-likeness (QED) is 0.561. The van der Waals surface area contributed by atoms with Crippen molar-refractivity contribution in [3.8, 4) is 11.4 Å². The Labute approximate surface area is 163 Å². The van der Waals surface area contributed by atoms with Crippen molar-refractivity contribution in [1.82, 2.24) is 14.9 Å². The number of aromatic nitrogens is 2. The van der Waals surface area contributed by atoms with E-state index in [0.29, 0.717) is 11.3 Å². The lowest BCUT2D eigenvalue weighted by molar-refractivity contribution is 0.0937. The predicted octanol–water partition coefficient (Wildman–Crippen LogP) is 4.53. The van der Waals surface area contributed by atoms with Gasteiger partial charge >= 0.3 is 0 Å². The lowest BCUT2D eigenvalue weighted by Crippen LogP contribution is -2.27. The van der Waals surface area contributed by atoms with Crippen molar-refractivity contribution in [2.75, 3.05) is 7.11 Å². The van der Waals surface area contributed by atoms with E-state index in [1.165, 1.54) is 0 Å². The van der Waals surface area contributed by atoms with Gasteiger partial charge in [-0.1, -0.05) is 36.4 Å². The number of carbonyl (C=O) groups is 1. The molecule has 28 heavy (non-hydrogen) atoms. The van der Waals surface area contributed by atoms with Crippen LogP contribution in [0.1, 0.15) is 28.9 Å². The molecule has 0 saturated heterocycles. The molecule has 1 unspecified atom stereocenters. The van der Waals surface area contributed by atoms with Gasteiger partial charge in [-0.2, -0.15) is 0 Å². The third kappa shape index (κ3) is 3.47. The maximum absolute atomic E-state index is 12.9. The Bertz CT molecular complexity index is 1100. The second-order valence-electron chi connectivity index (χ2n) is 6.66. The Hall–Kier alpha value is -3.60. The minimum absolute atomic E-state index is 0.138. The van der Waals surface area contributed by atoms with Crippen LogP contribution in [0, 0.1) is 0 Å². The molecule has 0 saturated carbocycles. The third-order valence-corrected chi connectivity index (χ3v) is 4.86. The first-order chi connectivity index (χ1) is 13.7. The van der Waals surface area contributed by atoms with Crippen molar-refractivity contribution in [3.63, 3.8) is 0 Å². The van der Waals surface area contributed by atoms with Gasteiger partial charge < -0.3 is 14.6 Å². The predicted molar refractivity (Wildman–Crippen MR) is 110 cm³/mol. The highest BCUT2D eigenvalue weighted by atomic mass is 16.5. The number of hydrogen-bond acceptors (Lipinski definition) is 3. The molecule has 1 amide bonds. The summed E-state index contributed by atoms with van der Waals surface area (Å²) < 4.78 is 7.39. The first kappa shape index (κ1) is 17.8. The monoisotopic (exact) mass is 371 g/mol. The highest BCUT2D eigenvalue weighted by Crippen LogP contribution is 2.26. The van der Waals surface area contributed by atoms with Gasteiger partial charge in [-0.15, -0.1) is 0 Å². The van der Waals surface area contributed by atoms with Crippen LogP contribution < -0.4 is 10.1 Å². The summed E-state index contributed by atoms with van der Waals surface area (Å²) in [6, 6.07) is 19.6. The van der Waals surface area contributed by atoms with Gasteiger partial charge in [0.2, 0.25) is 0 Å². The van der Waals surface area contributed by atoms with E-state index in [1.807, 2.05) is 78.4 Å². The minimum Gasteiger partial charge on any atom is -0.496 e. The molecule has 5 nitrogen and oxygen atoms in total. The molecule has 0 bridgehead atoms. The van der Waals surface area contributed by atoms with Crippen LogP contribution in [0.5, 0.6) is 5.75 Å². The summed E-state index contributed by atoms with van der Waals surface area (Å²) in [6.45, 7) is 1.97. The van der Waals surface area contributed by atoms with E-state index >= 15 is 0 Å². The molecule has 0 spiro atoms. The van der Waals surface area contributed by atoms with Crippen LogP contribution in [0.25, 0.3) is 16.5 Å². The zero-order chi connectivity index (χ0) is 19.5. The fourth-order valence-corrected chi connectivity index (χ4v) is 3.27. The summed E-state index contributed by atoms with van der Waals surface area (Å²) in [5.41, 5.74) is 2.58. The van der Waals surface area contributed by atoms with Crippen molar-refractivity contribution >= 4 is 16.7 Å². The molecule has 0 aliphatic heterocycles. The number of benzene rings is 3. The summed E-state index contributed by atoms with van der Waals surface area (Å²) in [4.78, 5) is 17.0. The molecule has 3 aromatic carbocycles. The highest BCUT2D eigenvalue weighted by Gasteiger charge is 2.16. The van der Waals surface area contributed by atoms with Gasteiger partial charge in [0.1, 0.15) is 5.75 Å². The second-order valence-corrected chi connectivity index (χ2v) is 6.66. The molecule has 0 aliphatic rings. The summed E-state index contributed by atoms with van der Waals surface area (Å²) >= 11 is 0. The van der Waals surface area contributed by atoms with E-state index in [9.17, 15) is 4.79 Å². The minimum atomic E-state index is -0.159. The number of methoxy groups -OCH3 is 1. The number of hydrogen-bond donors (Lipinski definition) is 1. The van der Waals surface area contributed by atoms with Crippen LogP contribution in [-0.4, -0.2) is 22.6 Å². The van der Waals surface area contributed by atoms with E-state index in [-0.39, 0.29) is 11.9 Å². The lowest BCUT2D eigenvalue weighted by Gasteiger charge is -2.17. The zero-order valence-corrected chi connectivity index (χ0v) is 15.8. The third-order valence-electron chi connectivity index (χ3n) is 4.86. The number of imidazole rings is 1. The maximum Gasteiger partial charge on any atom is 0.255 e. The van der Waals surface area contributed by atoms with Gasteiger partial charge in [0.05, 0.1) is 25.0 Å². The summed E-state index contributed by atoms with van der Waals surface area (Å²) in [5.74, 6) is 0.410. The van der Waals surface area contributed by atoms with Crippen LogP contribution >= 0.6 is 0 Å². The van der Waals surface area contributed by atoms with Crippen LogP contribution in [0.3, 0.4) is 0 Å². The molecule has 4 rings (SSSR count). The van der Waals surface area contributed by atoms with Crippen molar-refractivity contribution < 1.29 is 9.53 Å². The number of ether oxygens (including phenoxy) is 1. The molecule has 1 atom stereocenters. The standard InChI is InChI=1S/C23H21N3O2/c1-16(17-7-9-20(10-8-17)26-12-11-24-15-26)25-23(27)21-13-18-5-3-4-6-19(18)14-22(21)28-2/h3-16H,1-2H3,(H,25,27). The fraction of sp³-hybridized carbons (Fsp3) is 0.130. The largest absolute Gasteiger partial charge is 0.496 e. The summed E-state index contributed by atoms with van der Waals surface area (Å²) in [5, 5.41) is 5.11. The lowest BCUT2D eigenvalue weighted by atomic mass is 10.0. The van der Waals surface area contributed by atoms with Gasteiger partial charge in [-0.05, 0) is 47.5 Å². The Morgan fingerprint density at radius 1 is 1.07 bits per heavy atom. The molecule has 0 fully saturated rings. The van der Waals surface area contributed by atoms with Crippen LogP contribution in [-0.2, 0) is 0 Å². The number of rotatable bonds is 5. The highest BCUT2D eigenvalue weighted by molar-refractivity contribution is 6.01. The molecule has 1 heterocycles. The Morgan fingerprint density at radius 3 is 2.43 bits per heavy atom.